The van der Waals surface area contributed by atoms with Crippen molar-refractivity contribution in [1.29, 1.82) is 0 Å². The number of Topliss-reactive ketones (excluding diaryl/α,β-unsaturated/α-hetero) is 1. The number of ketones is 1. The largest absolute Gasteiger partial charge is 0.496 e. The Bertz CT molecular complexity index is 455. The lowest BCUT2D eigenvalue weighted by molar-refractivity contribution is -0.118. The minimum Gasteiger partial charge on any atom is -0.496 e. The molecule has 4 nitrogen and oxygen atoms in total. The van der Waals surface area contributed by atoms with Crippen LogP contribution >= 0.6 is 0 Å². The molecule has 0 aliphatic heterocycles. The maximum absolute atomic E-state index is 11.4. The van der Waals surface area contributed by atoms with Crippen molar-refractivity contribution in [3.63, 3.8) is 0 Å². The average molecular weight is 265 g/mol. The topological polar surface area (TPSA) is 38.8 Å². The lowest BCUT2D eigenvalue weighted by atomic mass is 9.97. The Hall–Kier alpha value is -1.55. The van der Waals surface area contributed by atoms with Crippen molar-refractivity contribution in [1.82, 2.24) is 4.90 Å². The summed E-state index contributed by atoms with van der Waals surface area (Å²) in [5.74, 6) is 1.74. The van der Waals surface area contributed by atoms with Gasteiger partial charge in [-0.15, -0.1) is 0 Å². The van der Waals surface area contributed by atoms with Crippen LogP contribution in [0.2, 0.25) is 0 Å². The maximum Gasteiger partial charge on any atom is 0.131 e. The van der Waals surface area contributed by atoms with Crippen molar-refractivity contribution in [2.24, 2.45) is 0 Å². The molecule has 1 unspecified atom stereocenters. The fourth-order valence-electron chi connectivity index (χ4n) is 2.29. The van der Waals surface area contributed by atoms with E-state index in [2.05, 4.69) is 0 Å². The van der Waals surface area contributed by atoms with Gasteiger partial charge in [0.05, 0.1) is 14.2 Å². The van der Waals surface area contributed by atoms with Crippen LogP contribution in [0.1, 0.15) is 30.5 Å². The molecule has 19 heavy (non-hydrogen) atoms. The summed E-state index contributed by atoms with van der Waals surface area (Å²) in [5, 5.41) is 0. The van der Waals surface area contributed by atoms with Gasteiger partial charge in [0.2, 0.25) is 0 Å². The molecule has 0 fully saturated rings. The first kappa shape index (κ1) is 15.5. The first-order valence-corrected chi connectivity index (χ1v) is 6.29. The fraction of sp³-hybridized carbons (Fsp3) is 0.533. The summed E-state index contributed by atoms with van der Waals surface area (Å²) in [5.41, 5.74) is 1.97. The van der Waals surface area contributed by atoms with Gasteiger partial charge in [-0.25, -0.2) is 0 Å². The van der Waals surface area contributed by atoms with E-state index in [0.29, 0.717) is 6.42 Å². The zero-order chi connectivity index (χ0) is 14.6. The summed E-state index contributed by atoms with van der Waals surface area (Å²) < 4.78 is 10.8. The van der Waals surface area contributed by atoms with Crippen molar-refractivity contribution in [3.8, 4) is 11.5 Å². The van der Waals surface area contributed by atoms with Crippen LogP contribution in [0.3, 0.4) is 0 Å². The highest BCUT2D eigenvalue weighted by Gasteiger charge is 2.22. The lowest BCUT2D eigenvalue weighted by Gasteiger charge is -2.26. The molecule has 0 heterocycles. The van der Waals surface area contributed by atoms with Crippen LogP contribution in [-0.4, -0.2) is 39.0 Å². The molecule has 0 amide bonds. The van der Waals surface area contributed by atoms with Gasteiger partial charge in [-0.1, -0.05) is 6.07 Å². The zero-order valence-electron chi connectivity index (χ0n) is 12.6. The van der Waals surface area contributed by atoms with Gasteiger partial charge in [-0.2, -0.15) is 0 Å². The predicted molar refractivity (Wildman–Crippen MR) is 76.0 cm³/mol. The standard InChI is InChI=1S/C15H23NO3/c1-10(17)9-13(16(3)4)12-7-8-14(18-5)11(2)15(12)19-6/h7-8,13H,9H2,1-6H3. The van der Waals surface area contributed by atoms with Gasteiger partial charge in [0, 0.05) is 23.6 Å². The molecule has 0 aliphatic rings. The van der Waals surface area contributed by atoms with Gasteiger partial charge in [-0.3, -0.25) is 4.79 Å². The van der Waals surface area contributed by atoms with Gasteiger partial charge in [0.1, 0.15) is 17.3 Å². The Morgan fingerprint density at radius 1 is 1.26 bits per heavy atom. The van der Waals surface area contributed by atoms with Crippen LogP contribution in [0.5, 0.6) is 11.5 Å². The molecule has 1 aromatic rings. The smallest absolute Gasteiger partial charge is 0.131 e. The molecular weight excluding hydrogens is 242 g/mol. The van der Waals surface area contributed by atoms with Crippen LogP contribution in [0.25, 0.3) is 0 Å². The summed E-state index contributed by atoms with van der Waals surface area (Å²) in [6.45, 7) is 3.57. The van der Waals surface area contributed by atoms with Crippen LogP contribution in [0.15, 0.2) is 12.1 Å². The fourth-order valence-corrected chi connectivity index (χ4v) is 2.29. The van der Waals surface area contributed by atoms with Crippen LogP contribution in [-0.2, 0) is 4.79 Å². The second kappa shape index (κ2) is 6.57. The number of nitrogens with zero attached hydrogens (tertiary/aromatic N) is 1. The van der Waals surface area contributed by atoms with E-state index >= 15 is 0 Å². The van der Waals surface area contributed by atoms with Crippen molar-refractivity contribution in [2.75, 3.05) is 28.3 Å². The van der Waals surface area contributed by atoms with E-state index < -0.39 is 0 Å². The molecular formula is C15H23NO3. The molecule has 1 atom stereocenters. The quantitative estimate of drug-likeness (QED) is 0.792. The van der Waals surface area contributed by atoms with Gasteiger partial charge >= 0.3 is 0 Å². The molecule has 0 saturated carbocycles. The molecule has 1 aromatic carbocycles. The Morgan fingerprint density at radius 2 is 1.89 bits per heavy atom. The van der Waals surface area contributed by atoms with Crippen molar-refractivity contribution >= 4 is 5.78 Å². The third kappa shape index (κ3) is 3.47. The number of ether oxygens (including phenoxy) is 2. The van der Waals surface area contributed by atoms with E-state index in [1.807, 2.05) is 38.1 Å². The van der Waals surface area contributed by atoms with Crippen LogP contribution < -0.4 is 9.47 Å². The molecule has 0 aromatic heterocycles. The Labute approximate surface area is 115 Å². The molecule has 106 valence electrons. The van der Waals surface area contributed by atoms with Gasteiger partial charge in [0.15, 0.2) is 0 Å². The van der Waals surface area contributed by atoms with E-state index in [-0.39, 0.29) is 11.8 Å². The minimum absolute atomic E-state index is 0.0112. The van der Waals surface area contributed by atoms with Gasteiger partial charge < -0.3 is 14.4 Å². The third-order valence-electron chi connectivity index (χ3n) is 3.27. The maximum atomic E-state index is 11.4. The van der Waals surface area contributed by atoms with E-state index in [1.165, 1.54) is 0 Å². The molecule has 0 spiro atoms. The van der Waals surface area contributed by atoms with E-state index in [4.69, 9.17) is 9.47 Å². The van der Waals surface area contributed by atoms with E-state index in [9.17, 15) is 4.79 Å². The average Bonchev–Trinajstić information content (AvgIpc) is 2.35. The molecule has 0 aliphatic carbocycles. The number of carbonyl (C=O) groups excluding carboxylic acids is 1. The second-order valence-electron chi connectivity index (χ2n) is 4.90. The highest BCUT2D eigenvalue weighted by Crippen LogP contribution is 2.37. The summed E-state index contributed by atoms with van der Waals surface area (Å²) in [4.78, 5) is 13.5. The van der Waals surface area contributed by atoms with Gasteiger partial charge in [0.25, 0.3) is 0 Å². The number of rotatable bonds is 6. The SMILES string of the molecule is COc1ccc(C(CC(C)=O)N(C)C)c(OC)c1C. The Balaban J connectivity index is 3.30. The minimum atomic E-state index is 0.0112. The second-order valence-corrected chi connectivity index (χ2v) is 4.90. The molecule has 0 saturated heterocycles. The van der Waals surface area contributed by atoms with E-state index in [1.54, 1.807) is 21.1 Å². The Kier molecular flexibility index (Phi) is 5.36. The summed E-state index contributed by atoms with van der Waals surface area (Å²) in [6.07, 6.45) is 0.467. The number of methoxy groups -OCH3 is 2. The first-order chi connectivity index (χ1) is 8.92. The highest BCUT2D eigenvalue weighted by atomic mass is 16.5. The highest BCUT2D eigenvalue weighted by molar-refractivity contribution is 5.76. The van der Waals surface area contributed by atoms with Crippen molar-refractivity contribution in [3.05, 3.63) is 23.3 Å². The van der Waals surface area contributed by atoms with Gasteiger partial charge in [-0.05, 0) is 34.0 Å². The lowest BCUT2D eigenvalue weighted by Crippen LogP contribution is -2.23. The van der Waals surface area contributed by atoms with E-state index in [0.717, 1.165) is 22.6 Å². The predicted octanol–water partition coefficient (Wildman–Crippen LogP) is 2.59. The first-order valence-electron chi connectivity index (χ1n) is 6.29. The molecule has 4 heteroatoms. The monoisotopic (exact) mass is 265 g/mol. The van der Waals surface area contributed by atoms with Crippen molar-refractivity contribution in [2.45, 2.75) is 26.3 Å². The Morgan fingerprint density at radius 3 is 2.32 bits per heavy atom. The summed E-state index contributed by atoms with van der Waals surface area (Å²) in [6, 6.07) is 3.90. The van der Waals surface area contributed by atoms with Crippen molar-refractivity contribution < 1.29 is 14.3 Å². The number of hydrogen-bond donors (Lipinski definition) is 0. The molecule has 0 N–H and O–H groups in total. The van der Waals surface area contributed by atoms with Crippen LogP contribution in [0, 0.1) is 6.92 Å². The zero-order valence-corrected chi connectivity index (χ0v) is 12.6. The summed E-state index contributed by atoms with van der Waals surface area (Å²) >= 11 is 0. The molecule has 0 bridgehead atoms. The summed E-state index contributed by atoms with van der Waals surface area (Å²) in [7, 11) is 7.21. The number of hydrogen-bond acceptors (Lipinski definition) is 4. The molecule has 0 radical (unpaired) electrons. The normalized spacial score (nSPS) is 12.4. The van der Waals surface area contributed by atoms with Crippen LogP contribution in [0.4, 0.5) is 0 Å². The number of benzene rings is 1. The molecule has 1 rings (SSSR count). The number of carbonyl (C=O) groups is 1. The third-order valence-corrected chi connectivity index (χ3v) is 3.27.